The summed E-state index contributed by atoms with van der Waals surface area (Å²) in [6, 6.07) is 4.95. The molecular formula is C14H18ClFN4. The number of nitrogens with zero attached hydrogens (tertiary/aromatic N) is 3. The van der Waals surface area contributed by atoms with Gasteiger partial charge in [-0.15, -0.1) is 5.10 Å². The molecule has 108 valence electrons. The summed E-state index contributed by atoms with van der Waals surface area (Å²) in [4.78, 5) is 0. The Morgan fingerprint density at radius 1 is 1.40 bits per heavy atom. The van der Waals surface area contributed by atoms with E-state index in [4.69, 9.17) is 11.6 Å². The Morgan fingerprint density at radius 2 is 2.20 bits per heavy atom. The average Bonchev–Trinajstić information content (AvgIpc) is 2.82. The Labute approximate surface area is 122 Å². The first-order valence-corrected chi connectivity index (χ1v) is 6.96. The fourth-order valence-corrected chi connectivity index (χ4v) is 2.02. The van der Waals surface area contributed by atoms with Crippen LogP contribution in [0.3, 0.4) is 0 Å². The lowest BCUT2D eigenvalue weighted by atomic mass is 10.2. The van der Waals surface area contributed by atoms with Crippen molar-refractivity contribution >= 4 is 11.6 Å². The molecular weight excluding hydrogens is 279 g/mol. The lowest BCUT2D eigenvalue weighted by Gasteiger charge is -2.05. The normalized spacial score (nSPS) is 11.2. The van der Waals surface area contributed by atoms with Crippen molar-refractivity contribution < 1.29 is 4.39 Å². The van der Waals surface area contributed by atoms with Crippen molar-refractivity contribution in [3.05, 3.63) is 46.5 Å². The van der Waals surface area contributed by atoms with Crippen LogP contribution in [0.25, 0.3) is 0 Å². The van der Waals surface area contributed by atoms with Gasteiger partial charge in [0.25, 0.3) is 0 Å². The van der Waals surface area contributed by atoms with Crippen LogP contribution in [-0.2, 0) is 13.1 Å². The molecule has 1 aromatic carbocycles. The highest BCUT2D eigenvalue weighted by Crippen LogP contribution is 2.18. The minimum Gasteiger partial charge on any atom is -0.311 e. The largest absolute Gasteiger partial charge is 0.311 e. The fourth-order valence-electron chi connectivity index (χ4n) is 1.83. The minimum atomic E-state index is -0.399. The van der Waals surface area contributed by atoms with Crippen molar-refractivity contribution in [1.82, 2.24) is 20.3 Å². The number of aromatic nitrogens is 3. The molecule has 0 saturated heterocycles. The van der Waals surface area contributed by atoms with Crippen LogP contribution in [0.2, 0.25) is 5.02 Å². The average molecular weight is 297 g/mol. The molecule has 1 N–H and O–H groups in total. The summed E-state index contributed by atoms with van der Waals surface area (Å²) >= 11 is 5.75. The summed E-state index contributed by atoms with van der Waals surface area (Å²) < 4.78 is 15.4. The molecule has 0 aliphatic rings. The van der Waals surface area contributed by atoms with Gasteiger partial charge in [0, 0.05) is 12.1 Å². The van der Waals surface area contributed by atoms with E-state index < -0.39 is 5.82 Å². The molecule has 1 aromatic heterocycles. The fraction of sp³-hybridized carbons (Fsp3) is 0.429. The third-order valence-corrected chi connectivity index (χ3v) is 3.10. The van der Waals surface area contributed by atoms with Crippen LogP contribution in [0.5, 0.6) is 0 Å². The van der Waals surface area contributed by atoms with E-state index in [0.29, 0.717) is 24.6 Å². The number of halogens is 2. The summed E-state index contributed by atoms with van der Waals surface area (Å²) in [6.07, 6.45) is 1.81. The molecule has 0 fully saturated rings. The summed E-state index contributed by atoms with van der Waals surface area (Å²) in [7, 11) is 0. The van der Waals surface area contributed by atoms with Crippen LogP contribution < -0.4 is 5.32 Å². The molecule has 0 aliphatic heterocycles. The Morgan fingerprint density at radius 3 is 2.95 bits per heavy atom. The van der Waals surface area contributed by atoms with Crippen LogP contribution in [0.15, 0.2) is 24.4 Å². The Bertz CT molecular complexity index is 568. The Balaban J connectivity index is 1.97. The smallest absolute Gasteiger partial charge is 0.146 e. The van der Waals surface area contributed by atoms with Gasteiger partial charge in [0.05, 0.1) is 23.5 Å². The van der Waals surface area contributed by atoms with Crippen molar-refractivity contribution in [3.63, 3.8) is 0 Å². The van der Waals surface area contributed by atoms with E-state index in [1.807, 2.05) is 6.20 Å². The highest BCUT2D eigenvalue weighted by atomic mass is 35.5. The second-order valence-electron chi connectivity index (χ2n) is 5.15. The van der Waals surface area contributed by atoms with Gasteiger partial charge >= 0.3 is 0 Å². The van der Waals surface area contributed by atoms with E-state index >= 15 is 0 Å². The summed E-state index contributed by atoms with van der Waals surface area (Å²) in [6.45, 7) is 6.20. The third kappa shape index (κ3) is 4.02. The number of hydrogen-bond acceptors (Lipinski definition) is 3. The molecule has 0 saturated carbocycles. The highest BCUT2D eigenvalue weighted by molar-refractivity contribution is 6.30. The maximum absolute atomic E-state index is 13.8. The van der Waals surface area contributed by atoms with E-state index in [0.717, 1.165) is 12.2 Å². The van der Waals surface area contributed by atoms with Crippen LogP contribution >= 0.6 is 11.6 Å². The molecule has 0 spiro atoms. The lowest BCUT2D eigenvalue weighted by molar-refractivity contribution is 0.548. The topological polar surface area (TPSA) is 42.7 Å². The van der Waals surface area contributed by atoms with E-state index in [-0.39, 0.29) is 5.02 Å². The number of nitrogens with one attached hydrogen (secondary N) is 1. The minimum absolute atomic E-state index is 0.126. The van der Waals surface area contributed by atoms with Gasteiger partial charge in [-0.05, 0) is 18.5 Å². The maximum atomic E-state index is 13.8. The Kier molecular flexibility index (Phi) is 5.09. The molecule has 2 rings (SSSR count). The van der Waals surface area contributed by atoms with Gasteiger partial charge in [-0.2, -0.15) is 0 Å². The molecule has 2 aromatic rings. The first-order valence-electron chi connectivity index (χ1n) is 6.59. The quantitative estimate of drug-likeness (QED) is 0.891. The third-order valence-electron chi connectivity index (χ3n) is 2.81. The van der Waals surface area contributed by atoms with Crippen LogP contribution in [-0.4, -0.2) is 21.5 Å². The molecule has 0 bridgehead atoms. The first-order chi connectivity index (χ1) is 9.56. The van der Waals surface area contributed by atoms with Gasteiger partial charge in [0.2, 0.25) is 0 Å². The zero-order valence-electron chi connectivity index (χ0n) is 11.6. The highest BCUT2D eigenvalue weighted by Gasteiger charge is 2.08. The summed E-state index contributed by atoms with van der Waals surface area (Å²) in [5, 5.41) is 11.5. The molecule has 4 nitrogen and oxygen atoms in total. The van der Waals surface area contributed by atoms with Crippen LogP contribution in [0.1, 0.15) is 25.1 Å². The molecule has 0 amide bonds. The first kappa shape index (κ1) is 14.9. The van der Waals surface area contributed by atoms with Gasteiger partial charge < -0.3 is 5.32 Å². The molecule has 0 aliphatic carbocycles. The predicted octanol–water partition coefficient (Wildman–Crippen LogP) is 2.86. The number of rotatable bonds is 6. The molecule has 1 heterocycles. The second kappa shape index (κ2) is 6.81. The van der Waals surface area contributed by atoms with E-state index in [2.05, 4.69) is 29.5 Å². The van der Waals surface area contributed by atoms with Crippen LogP contribution in [0, 0.1) is 11.7 Å². The van der Waals surface area contributed by atoms with Crippen molar-refractivity contribution in [2.24, 2.45) is 5.92 Å². The van der Waals surface area contributed by atoms with E-state index in [1.54, 1.807) is 16.8 Å². The number of hydrogen-bond donors (Lipinski definition) is 1. The zero-order chi connectivity index (χ0) is 14.5. The summed E-state index contributed by atoms with van der Waals surface area (Å²) in [5.41, 5.74) is 1.34. The van der Waals surface area contributed by atoms with Gasteiger partial charge in [-0.3, -0.25) is 0 Å². The monoisotopic (exact) mass is 296 g/mol. The molecule has 0 radical (unpaired) electrons. The van der Waals surface area contributed by atoms with Crippen molar-refractivity contribution in [2.75, 3.05) is 6.54 Å². The molecule has 6 heteroatoms. The molecule has 20 heavy (non-hydrogen) atoms. The van der Waals surface area contributed by atoms with Crippen molar-refractivity contribution in [2.45, 2.75) is 26.9 Å². The van der Waals surface area contributed by atoms with E-state index in [1.165, 1.54) is 6.07 Å². The zero-order valence-corrected chi connectivity index (χ0v) is 12.4. The predicted molar refractivity (Wildman–Crippen MR) is 77.1 cm³/mol. The van der Waals surface area contributed by atoms with Crippen LogP contribution in [0.4, 0.5) is 4.39 Å². The summed E-state index contributed by atoms with van der Waals surface area (Å²) in [5.74, 6) is 0.190. The van der Waals surface area contributed by atoms with Gasteiger partial charge in [0.1, 0.15) is 5.82 Å². The SMILES string of the molecule is CC(C)CNCc1cn(Cc2cccc(Cl)c2F)nn1. The van der Waals surface area contributed by atoms with E-state index in [9.17, 15) is 4.39 Å². The maximum Gasteiger partial charge on any atom is 0.146 e. The standard InChI is InChI=1S/C14H18ClFN4/c1-10(2)6-17-7-12-9-20(19-18-12)8-11-4-3-5-13(15)14(11)16/h3-5,9-10,17H,6-8H2,1-2H3. The Hall–Kier alpha value is -1.46. The molecule has 0 atom stereocenters. The van der Waals surface area contributed by atoms with Gasteiger partial charge in [-0.25, -0.2) is 9.07 Å². The van der Waals surface area contributed by atoms with Gasteiger partial charge in [-0.1, -0.05) is 42.8 Å². The molecule has 0 unspecified atom stereocenters. The second-order valence-corrected chi connectivity index (χ2v) is 5.55. The lowest BCUT2D eigenvalue weighted by Crippen LogP contribution is -2.19. The number of benzene rings is 1. The van der Waals surface area contributed by atoms with Crippen molar-refractivity contribution in [3.8, 4) is 0 Å². The van der Waals surface area contributed by atoms with Crippen molar-refractivity contribution in [1.29, 1.82) is 0 Å². The van der Waals surface area contributed by atoms with Gasteiger partial charge in [0.15, 0.2) is 0 Å².